The van der Waals surface area contributed by atoms with Crippen LogP contribution in [-0.2, 0) is 11.3 Å². The molecule has 1 aromatic rings. The van der Waals surface area contributed by atoms with Gasteiger partial charge in [-0.05, 0) is 34.1 Å². The van der Waals surface area contributed by atoms with E-state index in [1.54, 1.807) is 0 Å². The first-order valence-electron chi connectivity index (χ1n) is 6.38. The zero-order chi connectivity index (χ0) is 12.6. The molecule has 1 saturated heterocycles. The number of hydrogen-bond donors (Lipinski definition) is 1. The quantitative estimate of drug-likeness (QED) is 0.876. The molecule has 0 spiro atoms. The van der Waals surface area contributed by atoms with Crippen molar-refractivity contribution < 1.29 is 4.74 Å². The lowest BCUT2D eigenvalue weighted by Crippen LogP contribution is -2.36. The van der Waals surface area contributed by atoms with Crippen molar-refractivity contribution in [3.05, 3.63) is 17.0 Å². The monoisotopic (exact) mass is 237 g/mol. The molecule has 1 fully saturated rings. The van der Waals surface area contributed by atoms with Crippen LogP contribution >= 0.6 is 0 Å². The fourth-order valence-electron chi connectivity index (χ4n) is 2.41. The number of nitrogens with zero attached hydrogens (tertiary/aromatic N) is 2. The van der Waals surface area contributed by atoms with Gasteiger partial charge in [0.25, 0.3) is 0 Å². The summed E-state index contributed by atoms with van der Waals surface area (Å²) in [6.07, 6.45) is 1.10. The minimum absolute atomic E-state index is 0.00407. The summed E-state index contributed by atoms with van der Waals surface area (Å²) in [6.45, 7) is 12.4. The molecule has 4 nitrogen and oxygen atoms in total. The highest BCUT2D eigenvalue weighted by Gasteiger charge is 2.34. The Bertz CT molecular complexity index is 409. The van der Waals surface area contributed by atoms with E-state index in [0.717, 1.165) is 25.3 Å². The maximum Gasteiger partial charge on any atom is 0.138 e. The lowest BCUT2D eigenvalue weighted by molar-refractivity contribution is 0.0978. The first kappa shape index (κ1) is 12.6. The van der Waals surface area contributed by atoms with Crippen LogP contribution in [0.25, 0.3) is 0 Å². The fraction of sp³-hybridized carbons (Fsp3) is 0.769. The Morgan fingerprint density at radius 1 is 1.47 bits per heavy atom. The molecule has 0 aromatic carbocycles. The Balaban J connectivity index is 2.27. The number of nitrogens with one attached hydrogen (secondary N) is 1. The Labute approximate surface area is 103 Å². The highest BCUT2D eigenvalue weighted by molar-refractivity contribution is 5.28. The van der Waals surface area contributed by atoms with Crippen molar-refractivity contribution >= 4 is 0 Å². The Hall–Kier alpha value is -0.870. The summed E-state index contributed by atoms with van der Waals surface area (Å²) < 4.78 is 7.93. The number of ether oxygens (including phenoxy) is 1. The third kappa shape index (κ3) is 2.38. The third-order valence-electron chi connectivity index (χ3n) is 3.27. The molecule has 1 atom stereocenters. The molecule has 4 heteroatoms. The maximum atomic E-state index is 5.84. The molecule has 2 rings (SSSR count). The van der Waals surface area contributed by atoms with E-state index in [2.05, 4.69) is 49.7 Å². The van der Waals surface area contributed by atoms with Gasteiger partial charge in [-0.15, -0.1) is 0 Å². The van der Waals surface area contributed by atoms with Gasteiger partial charge >= 0.3 is 0 Å². The first-order chi connectivity index (χ1) is 7.94. The number of aromatic nitrogens is 2. The Kier molecular flexibility index (Phi) is 3.27. The summed E-state index contributed by atoms with van der Waals surface area (Å²) in [5.41, 5.74) is 3.56. The standard InChI is InChI=1S/C13H23N3O/c1-6-7-16-10(3)11(9(2)15-16)12-14-13(4,5)8-17-12/h12,14H,6-8H2,1-5H3. The van der Waals surface area contributed by atoms with Gasteiger partial charge in [-0.25, -0.2) is 0 Å². The van der Waals surface area contributed by atoms with Gasteiger partial charge in [0.15, 0.2) is 0 Å². The van der Waals surface area contributed by atoms with Crippen molar-refractivity contribution in [2.45, 2.75) is 59.4 Å². The van der Waals surface area contributed by atoms with E-state index in [-0.39, 0.29) is 11.8 Å². The first-order valence-corrected chi connectivity index (χ1v) is 6.38. The highest BCUT2D eigenvalue weighted by atomic mass is 16.5. The molecule has 96 valence electrons. The van der Waals surface area contributed by atoms with Crippen molar-refractivity contribution in [1.29, 1.82) is 0 Å². The summed E-state index contributed by atoms with van der Waals surface area (Å²) in [7, 11) is 0. The second kappa shape index (κ2) is 4.42. The smallest absolute Gasteiger partial charge is 0.138 e. The average Bonchev–Trinajstić information content (AvgIpc) is 2.69. The van der Waals surface area contributed by atoms with Gasteiger partial charge in [0.2, 0.25) is 0 Å². The van der Waals surface area contributed by atoms with Crippen LogP contribution < -0.4 is 5.32 Å². The second-order valence-electron chi connectivity index (χ2n) is 5.53. The van der Waals surface area contributed by atoms with Gasteiger partial charge in [-0.3, -0.25) is 10.00 Å². The molecule has 1 aliphatic heterocycles. The van der Waals surface area contributed by atoms with E-state index in [1.807, 2.05) is 0 Å². The molecule has 1 unspecified atom stereocenters. The molecule has 0 aliphatic carbocycles. The molecule has 1 aliphatic rings. The molecule has 1 aromatic heterocycles. The lowest BCUT2D eigenvalue weighted by atomic mass is 10.1. The predicted octanol–water partition coefficient (Wildman–Crippen LogP) is 2.31. The molecule has 0 bridgehead atoms. The van der Waals surface area contributed by atoms with Crippen molar-refractivity contribution in [3.63, 3.8) is 0 Å². The summed E-state index contributed by atoms with van der Waals surface area (Å²) >= 11 is 0. The van der Waals surface area contributed by atoms with Crippen LogP contribution in [0.1, 0.15) is 50.4 Å². The summed E-state index contributed by atoms with van der Waals surface area (Å²) in [6, 6.07) is 0. The second-order valence-corrected chi connectivity index (χ2v) is 5.53. The molecule has 0 radical (unpaired) electrons. The van der Waals surface area contributed by atoms with Crippen LogP contribution in [0.4, 0.5) is 0 Å². The molecule has 0 saturated carbocycles. The zero-order valence-electron chi connectivity index (χ0n) is 11.5. The van der Waals surface area contributed by atoms with Gasteiger partial charge in [0, 0.05) is 23.3 Å². The van der Waals surface area contributed by atoms with E-state index in [4.69, 9.17) is 4.74 Å². The molecular weight excluding hydrogens is 214 g/mol. The average molecular weight is 237 g/mol. The van der Waals surface area contributed by atoms with E-state index in [0.29, 0.717) is 0 Å². The predicted molar refractivity (Wildman–Crippen MR) is 67.9 cm³/mol. The number of hydrogen-bond acceptors (Lipinski definition) is 3. The third-order valence-corrected chi connectivity index (χ3v) is 3.27. The highest BCUT2D eigenvalue weighted by Crippen LogP contribution is 2.30. The SMILES string of the molecule is CCCn1nc(C)c(C2NC(C)(C)CO2)c1C. The van der Waals surface area contributed by atoms with E-state index < -0.39 is 0 Å². The summed E-state index contributed by atoms with van der Waals surface area (Å²) in [4.78, 5) is 0. The van der Waals surface area contributed by atoms with Crippen molar-refractivity contribution in [2.75, 3.05) is 6.61 Å². The minimum Gasteiger partial charge on any atom is -0.357 e. The summed E-state index contributed by atoms with van der Waals surface area (Å²) in [5.74, 6) is 0. The van der Waals surface area contributed by atoms with Crippen molar-refractivity contribution in [3.8, 4) is 0 Å². The number of rotatable bonds is 3. The van der Waals surface area contributed by atoms with Crippen molar-refractivity contribution in [1.82, 2.24) is 15.1 Å². The van der Waals surface area contributed by atoms with Crippen LogP contribution in [0.2, 0.25) is 0 Å². The van der Waals surface area contributed by atoms with E-state index in [1.165, 1.54) is 11.3 Å². The van der Waals surface area contributed by atoms with Crippen LogP contribution in [0.15, 0.2) is 0 Å². The van der Waals surface area contributed by atoms with Crippen LogP contribution in [0.3, 0.4) is 0 Å². The van der Waals surface area contributed by atoms with Gasteiger partial charge in [0.05, 0.1) is 12.3 Å². The Morgan fingerprint density at radius 2 is 2.18 bits per heavy atom. The van der Waals surface area contributed by atoms with Gasteiger partial charge in [0.1, 0.15) is 6.23 Å². The molecule has 0 amide bonds. The lowest BCUT2D eigenvalue weighted by Gasteiger charge is -2.17. The van der Waals surface area contributed by atoms with E-state index >= 15 is 0 Å². The maximum absolute atomic E-state index is 5.84. The zero-order valence-corrected chi connectivity index (χ0v) is 11.5. The van der Waals surface area contributed by atoms with Crippen molar-refractivity contribution in [2.24, 2.45) is 0 Å². The van der Waals surface area contributed by atoms with Crippen LogP contribution in [0, 0.1) is 13.8 Å². The normalized spacial score (nSPS) is 23.2. The molecule has 1 N–H and O–H groups in total. The molecule has 2 heterocycles. The molecule has 17 heavy (non-hydrogen) atoms. The minimum atomic E-state index is -0.00407. The fourth-order valence-corrected chi connectivity index (χ4v) is 2.41. The summed E-state index contributed by atoms with van der Waals surface area (Å²) in [5, 5.41) is 8.10. The van der Waals surface area contributed by atoms with Gasteiger partial charge < -0.3 is 4.74 Å². The van der Waals surface area contributed by atoms with Gasteiger partial charge in [-0.1, -0.05) is 6.92 Å². The largest absolute Gasteiger partial charge is 0.357 e. The van der Waals surface area contributed by atoms with E-state index in [9.17, 15) is 0 Å². The van der Waals surface area contributed by atoms with Crippen LogP contribution in [-0.4, -0.2) is 21.9 Å². The molecular formula is C13H23N3O. The number of aryl methyl sites for hydroxylation is 2. The van der Waals surface area contributed by atoms with Crippen LogP contribution in [0.5, 0.6) is 0 Å². The topological polar surface area (TPSA) is 39.1 Å². The Morgan fingerprint density at radius 3 is 2.71 bits per heavy atom. The van der Waals surface area contributed by atoms with Gasteiger partial charge in [-0.2, -0.15) is 5.10 Å².